The lowest BCUT2D eigenvalue weighted by Gasteiger charge is -2.42. The van der Waals surface area contributed by atoms with Gasteiger partial charge >= 0.3 is 5.97 Å². The summed E-state index contributed by atoms with van der Waals surface area (Å²) in [6, 6.07) is 0. The zero-order chi connectivity index (χ0) is 48.0. The van der Waals surface area contributed by atoms with Crippen LogP contribution in [0.15, 0.2) is 24.3 Å². The van der Waals surface area contributed by atoms with E-state index in [-0.39, 0.29) is 25.6 Å². The third-order valence-corrected chi connectivity index (χ3v) is 12.7. The van der Waals surface area contributed by atoms with Gasteiger partial charge in [0.1, 0.15) is 54.9 Å². The first-order valence-electron chi connectivity index (χ1n) is 26.4. The molecule has 7 N–H and O–H groups in total. The fourth-order valence-corrected chi connectivity index (χ4v) is 8.37. The number of carbonyl (C=O) groups excluding carboxylic acids is 1. The van der Waals surface area contributed by atoms with Crippen molar-refractivity contribution in [2.45, 2.75) is 268 Å². The second-order valence-corrected chi connectivity index (χ2v) is 18.7. The number of allylic oxidation sites excluding steroid dienone is 4. The van der Waals surface area contributed by atoms with Crippen LogP contribution in [0.1, 0.15) is 200 Å². The summed E-state index contributed by atoms with van der Waals surface area (Å²) in [5.74, 6) is -0.380. The first kappa shape index (κ1) is 60.6. The van der Waals surface area contributed by atoms with Crippen LogP contribution in [-0.2, 0) is 33.2 Å². The number of hydrogen-bond donors (Lipinski definition) is 7. The number of unbranched alkanes of at least 4 members (excludes halogenated alkanes) is 24. The Bertz CT molecular complexity index is 1190. The summed E-state index contributed by atoms with van der Waals surface area (Å²) >= 11 is 0. The van der Waals surface area contributed by atoms with Crippen molar-refractivity contribution in [2.24, 2.45) is 0 Å². The Hall–Kier alpha value is -1.53. The molecule has 0 saturated carbocycles. The summed E-state index contributed by atoms with van der Waals surface area (Å²) in [4.78, 5) is 12.9. The van der Waals surface area contributed by atoms with Gasteiger partial charge in [-0.15, -0.1) is 0 Å². The summed E-state index contributed by atoms with van der Waals surface area (Å²) < 4.78 is 34.2. The molecule has 2 aliphatic rings. The van der Waals surface area contributed by atoms with E-state index in [2.05, 4.69) is 38.2 Å². The predicted octanol–water partition coefficient (Wildman–Crippen LogP) is 8.02. The minimum absolute atomic E-state index is 0.0640. The molecule has 2 fully saturated rings. The molecule has 66 heavy (non-hydrogen) atoms. The molecule has 2 heterocycles. The number of carbonyl (C=O) groups is 1. The van der Waals surface area contributed by atoms with Crippen molar-refractivity contribution in [2.75, 3.05) is 33.0 Å². The zero-order valence-corrected chi connectivity index (χ0v) is 41.2. The third-order valence-electron chi connectivity index (χ3n) is 12.7. The lowest BCUT2D eigenvalue weighted by molar-refractivity contribution is -0.332. The second kappa shape index (κ2) is 40.2. The zero-order valence-electron chi connectivity index (χ0n) is 41.2. The Morgan fingerprint density at radius 1 is 0.500 bits per heavy atom. The highest BCUT2D eigenvalue weighted by atomic mass is 16.7. The summed E-state index contributed by atoms with van der Waals surface area (Å²) in [5, 5.41) is 72.0. The molecule has 0 aromatic heterocycles. The van der Waals surface area contributed by atoms with Crippen molar-refractivity contribution in [1.82, 2.24) is 0 Å². The number of esters is 1. The molecule has 0 aliphatic carbocycles. The molecule has 11 unspecified atom stereocenters. The average molecular weight is 945 g/mol. The summed E-state index contributed by atoms with van der Waals surface area (Å²) in [6.45, 7) is 3.65. The smallest absolute Gasteiger partial charge is 0.306 e. The van der Waals surface area contributed by atoms with Crippen molar-refractivity contribution >= 4 is 5.97 Å². The number of ether oxygens (including phenoxy) is 6. The molecule has 14 nitrogen and oxygen atoms in total. The minimum atomic E-state index is -1.70. The third kappa shape index (κ3) is 27.6. The van der Waals surface area contributed by atoms with E-state index in [1.807, 2.05) is 0 Å². The van der Waals surface area contributed by atoms with Gasteiger partial charge in [-0.1, -0.05) is 173 Å². The van der Waals surface area contributed by atoms with Gasteiger partial charge in [0.05, 0.1) is 26.4 Å². The maximum absolute atomic E-state index is 12.9. The van der Waals surface area contributed by atoms with Crippen LogP contribution in [0.25, 0.3) is 0 Å². The topological polar surface area (TPSA) is 214 Å². The van der Waals surface area contributed by atoms with E-state index in [0.29, 0.717) is 13.0 Å². The standard InChI is InChI=1S/C52H96O14/c1-3-5-7-9-11-13-14-15-16-17-18-19-20-21-22-23-24-25-26-27-28-30-32-34-36-61-38-41(64-44(54)35-33-31-29-12-10-8-6-4-2)39-62-51-50(60)48(58)46(56)43(66-51)40-63-52-49(59)47(57)45(55)42(37-53)65-52/h14-15,17-18,41-43,45-53,55-60H,3-13,16,19-40H2,1-2H3/b15-14-,18-17-. The van der Waals surface area contributed by atoms with Crippen LogP contribution in [0.3, 0.4) is 0 Å². The van der Waals surface area contributed by atoms with E-state index in [1.165, 1.54) is 128 Å². The predicted molar refractivity (Wildman–Crippen MR) is 257 cm³/mol. The van der Waals surface area contributed by atoms with E-state index < -0.39 is 80.7 Å². The lowest BCUT2D eigenvalue weighted by atomic mass is 9.98. The van der Waals surface area contributed by atoms with Crippen LogP contribution in [0.2, 0.25) is 0 Å². The summed E-state index contributed by atoms with van der Waals surface area (Å²) in [6.07, 6.45) is 27.0. The van der Waals surface area contributed by atoms with Gasteiger partial charge in [0.2, 0.25) is 0 Å². The highest BCUT2D eigenvalue weighted by Crippen LogP contribution is 2.26. The Kier molecular flexibility index (Phi) is 36.9. The van der Waals surface area contributed by atoms with Gasteiger partial charge in [-0.3, -0.25) is 4.79 Å². The molecule has 0 radical (unpaired) electrons. The molecule has 14 heteroatoms. The van der Waals surface area contributed by atoms with Crippen molar-refractivity contribution < 1.29 is 69.0 Å². The van der Waals surface area contributed by atoms with Crippen molar-refractivity contribution in [3.05, 3.63) is 24.3 Å². The first-order valence-corrected chi connectivity index (χ1v) is 26.4. The summed E-state index contributed by atoms with van der Waals surface area (Å²) in [7, 11) is 0. The Morgan fingerprint density at radius 2 is 0.939 bits per heavy atom. The number of aliphatic hydroxyl groups excluding tert-OH is 7. The number of rotatable bonds is 42. The molecule has 2 aliphatic heterocycles. The number of hydrogen-bond acceptors (Lipinski definition) is 14. The molecule has 2 saturated heterocycles. The average Bonchev–Trinajstić information content (AvgIpc) is 3.31. The van der Waals surface area contributed by atoms with Crippen molar-refractivity contribution in [1.29, 1.82) is 0 Å². The Morgan fingerprint density at radius 3 is 1.45 bits per heavy atom. The Labute approximate surface area is 398 Å². The molecule has 11 atom stereocenters. The molecule has 0 bridgehead atoms. The van der Waals surface area contributed by atoms with Crippen LogP contribution in [-0.4, -0.2) is 142 Å². The van der Waals surface area contributed by atoms with Gasteiger partial charge in [-0.25, -0.2) is 0 Å². The van der Waals surface area contributed by atoms with Crippen LogP contribution >= 0.6 is 0 Å². The van der Waals surface area contributed by atoms with E-state index in [9.17, 15) is 40.5 Å². The lowest BCUT2D eigenvalue weighted by Crippen LogP contribution is -2.61. The molecular weight excluding hydrogens is 849 g/mol. The molecule has 0 aromatic rings. The fraction of sp³-hybridized carbons (Fsp3) is 0.904. The van der Waals surface area contributed by atoms with Crippen molar-refractivity contribution in [3.8, 4) is 0 Å². The van der Waals surface area contributed by atoms with Gasteiger partial charge in [0, 0.05) is 13.0 Å². The maximum Gasteiger partial charge on any atom is 0.306 e. The normalized spacial score (nSPS) is 26.4. The first-order chi connectivity index (χ1) is 32.1. The van der Waals surface area contributed by atoms with Gasteiger partial charge < -0.3 is 64.2 Å². The fourth-order valence-electron chi connectivity index (χ4n) is 8.37. The van der Waals surface area contributed by atoms with Crippen molar-refractivity contribution in [3.63, 3.8) is 0 Å². The molecular formula is C52H96O14. The highest BCUT2D eigenvalue weighted by molar-refractivity contribution is 5.69. The largest absolute Gasteiger partial charge is 0.457 e. The van der Waals surface area contributed by atoms with E-state index in [4.69, 9.17) is 28.4 Å². The van der Waals surface area contributed by atoms with Gasteiger partial charge in [-0.2, -0.15) is 0 Å². The van der Waals surface area contributed by atoms with E-state index >= 15 is 0 Å². The van der Waals surface area contributed by atoms with Crippen LogP contribution in [0.5, 0.6) is 0 Å². The molecule has 388 valence electrons. The SMILES string of the molecule is CCCCCCC/C=C\C/C=C\CCCCCCCCCCCCCCOCC(COC1OC(COC2OC(CO)C(O)C(O)C2O)C(O)C(O)C1O)OC(=O)CCCCCCCCCC. The molecule has 0 spiro atoms. The van der Waals surface area contributed by atoms with Gasteiger partial charge in [0.25, 0.3) is 0 Å². The van der Waals surface area contributed by atoms with Crippen LogP contribution < -0.4 is 0 Å². The summed E-state index contributed by atoms with van der Waals surface area (Å²) in [5.41, 5.74) is 0. The monoisotopic (exact) mass is 945 g/mol. The molecule has 2 rings (SSSR count). The molecule has 0 aromatic carbocycles. The van der Waals surface area contributed by atoms with Gasteiger partial charge in [0.15, 0.2) is 12.6 Å². The Balaban J connectivity index is 1.66. The highest BCUT2D eigenvalue weighted by Gasteiger charge is 2.47. The quantitative estimate of drug-likeness (QED) is 0.0175. The van der Waals surface area contributed by atoms with E-state index in [1.54, 1.807) is 0 Å². The minimum Gasteiger partial charge on any atom is -0.457 e. The van der Waals surface area contributed by atoms with E-state index in [0.717, 1.165) is 44.9 Å². The maximum atomic E-state index is 12.9. The van der Waals surface area contributed by atoms with Crippen LogP contribution in [0, 0.1) is 0 Å². The number of aliphatic hydroxyl groups is 7. The van der Waals surface area contributed by atoms with Gasteiger partial charge in [-0.05, 0) is 44.9 Å². The second-order valence-electron chi connectivity index (χ2n) is 18.7. The van der Waals surface area contributed by atoms with Crippen LogP contribution in [0.4, 0.5) is 0 Å². The molecule has 0 amide bonds.